The van der Waals surface area contributed by atoms with Gasteiger partial charge in [0.25, 0.3) is 0 Å². The van der Waals surface area contributed by atoms with Crippen molar-refractivity contribution in [1.29, 1.82) is 0 Å². The minimum absolute atomic E-state index is 0.182. The predicted molar refractivity (Wildman–Crippen MR) is 55.3 cm³/mol. The molecular formula is C10H12BNO2. The number of amides is 1. The Morgan fingerprint density at radius 1 is 1.50 bits per heavy atom. The topological polar surface area (TPSA) is 38.3 Å². The summed E-state index contributed by atoms with van der Waals surface area (Å²) in [6, 6.07) is 9.37. The highest BCUT2D eigenvalue weighted by Gasteiger charge is 2.10. The minimum atomic E-state index is -0.545. The molecule has 1 aromatic rings. The van der Waals surface area contributed by atoms with E-state index in [0.29, 0.717) is 6.61 Å². The van der Waals surface area contributed by atoms with E-state index in [-0.39, 0.29) is 6.04 Å². The van der Waals surface area contributed by atoms with Gasteiger partial charge in [0.05, 0.1) is 12.6 Å². The van der Waals surface area contributed by atoms with Crippen molar-refractivity contribution in [2.45, 2.75) is 6.04 Å². The van der Waals surface area contributed by atoms with Gasteiger partial charge in [-0.25, -0.2) is 0 Å². The van der Waals surface area contributed by atoms with Gasteiger partial charge in [-0.05, 0) is 5.56 Å². The summed E-state index contributed by atoms with van der Waals surface area (Å²) in [5.41, 5.74) is 0.980. The second kappa shape index (κ2) is 5.45. The highest BCUT2D eigenvalue weighted by atomic mass is 16.5. The van der Waals surface area contributed by atoms with Crippen molar-refractivity contribution in [2.24, 2.45) is 0 Å². The molecule has 0 aliphatic carbocycles. The molecular weight excluding hydrogens is 177 g/mol. The lowest BCUT2D eigenvalue weighted by Gasteiger charge is -2.17. The van der Waals surface area contributed by atoms with E-state index >= 15 is 0 Å². The molecule has 0 aromatic heterocycles. The standard InChI is InChI=1S/C10H12BNO2/c1-14-7-9(12-10(11)13)8-5-3-2-4-6-8/h2-6,9H,7H2,1H3,(H,12,13)/t9-/m0/s1. The van der Waals surface area contributed by atoms with Gasteiger partial charge in [-0.3, -0.25) is 4.79 Å². The third-order valence-corrected chi connectivity index (χ3v) is 1.85. The van der Waals surface area contributed by atoms with Crippen LogP contribution in [0, 0.1) is 0 Å². The number of carbonyl (C=O) groups excluding carboxylic acids is 1. The molecule has 1 amide bonds. The Morgan fingerprint density at radius 2 is 2.14 bits per heavy atom. The van der Waals surface area contributed by atoms with Crippen molar-refractivity contribution < 1.29 is 9.53 Å². The molecule has 72 valence electrons. The summed E-state index contributed by atoms with van der Waals surface area (Å²) < 4.78 is 4.99. The Hall–Kier alpha value is -1.29. The van der Waals surface area contributed by atoms with Crippen LogP contribution in [0.4, 0.5) is 4.79 Å². The zero-order chi connectivity index (χ0) is 10.4. The first-order chi connectivity index (χ1) is 6.74. The van der Waals surface area contributed by atoms with Crippen molar-refractivity contribution in [3.63, 3.8) is 0 Å². The maximum absolute atomic E-state index is 10.7. The summed E-state index contributed by atoms with van der Waals surface area (Å²) >= 11 is 0. The third-order valence-electron chi connectivity index (χ3n) is 1.85. The molecule has 0 fully saturated rings. The first kappa shape index (κ1) is 10.8. The van der Waals surface area contributed by atoms with Gasteiger partial charge < -0.3 is 10.1 Å². The van der Waals surface area contributed by atoms with E-state index in [4.69, 9.17) is 12.6 Å². The maximum Gasteiger partial charge on any atom is 0.200 e. The monoisotopic (exact) mass is 189 g/mol. The summed E-state index contributed by atoms with van der Waals surface area (Å²) in [6.07, 6.45) is 0. The quantitative estimate of drug-likeness (QED) is 0.723. The van der Waals surface area contributed by atoms with Crippen LogP contribution in [-0.2, 0) is 4.74 Å². The highest BCUT2D eigenvalue weighted by Crippen LogP contribution is 2.12. The van der Waals surface area contributed by atoms with Gasteiger partial charge in [-0.1, -0.05) is 30.3 Å². The van der Waals surface area contributed by atoms with Crippen molar-refractivity contribution in [3.05, 3.63) is 35.9 Å². The summed E-state index contributed by atoms with van der Waals surface area (Å²) in [5.74, 6) is -0.545. The predicted octanol–water partition coefficient (Wildman–Crippen LogP) is 1.25. The lowest BCUT2D eigenvalue weighted by molar-refractivity contribution is 0.169. The van der Waals surface area contributed by atoms with E-state index in [1.165, 1.54) is 0 Å². The van der Waals surface area contributed by atoms with Gasteiger partial charge in [-0.15, -0.1) is 0 Å². The first-order valence-electron chi connectivity index (χ1n) is 4.34. The number of carbonyl (C=O) groups is 1. The zero-order valence-corrected chi connectivity index (χ0v) is 8.07. The molecule has 2 radical (unpaired) electrons. The molecule has 0 spiro atoms. The lowest BCUT2D eigenvalue weighted by Crippen LogP contribution is -2.30. The van der Waals surface area contributed by atoms with E-state index in [9.17, 15) is 4.79 Å². The molecule has 1 atom stereocenters. The van der Waals surface area contributed by atoms with Gasteiger partial charge in [0.15, 0.2) is 5.81 Å². The molecule has 4 heteroatoms. The van der Waals surface area contributed by atoms with E-state index in [1.54, 1.807) is 7.11 Å². The van der Waals surface area contributed by atoms with E-state index in [2.05, 4.69) is 5.32 Å². The fourth-order valence-electron chi connectivity index (χ4n) is 1.24. The average molecular weight is 189 g/mol. The minimum Gasteiger partial charge on any atom is -0.382 e. The first-order valence-corrected chi connectivity index (χ1v) is 4.34. The molecule has 1 rings (SSSR count). The molecule has 14 heavy (non-hydrogen) atoms. The second-order valence-corrected chi connectivity index (χ2v) is 2.93. The van der Waals surface area contributed by atoms with E-state index < -0.39 is 5.81 Å². The number of ether oxygens (including phenoxy) is 1. The van der Waals surface area contributed by atoms with E-state index in [1.807, 2.05) is 30.3 Å². The maximum atomic E-state index is 10.7. The molecule has 1 N–H and O–H groups in total. The fourth-order valence-corrected chi connectivity index (χ4v) is 1.24. The van der Waals surface area contributed by atoms with Gasteiger partial charge in [0.1, 0.15) is 0 Å². The van der Waals surface area contributed by atoms with Crippen LogP contribution in [0.1, 0.15) is 11.6 Å². The largest absolute Gasteiger partial charge is 0.382 e. The summed E-state index contributed by atoms with van der Waals surface area (Å²) in [5, 5.41) is 2.61. The van der Waals surface area contributed by atoms with Crippen LogP contribution in [-0.4, -0.2) is 27.4 Å². The molecule has 0 heterocycles. The molecule has 3 nitrogen and oxygen atoms in total. The van der Waals surface area contributed by atoms with Crippen LogP contribution in [0.5, 0.6) is 0 Å². The summed E-state index contributed by atoms with van der Waals surface area (Å²) in [4.78, 5) is 10.7. The average Bonchev–Trinajstić information content (AvgIpc) is 2.18. The molecule has 0 saturated heterocycles. The number of nitrogens with one attached hydrogen (secondary N) is 1. The summed E-state index contributed by atoms with van der Waals surface area (Å²) in [7, 11) is 6.64. The molecule has 1 aromatic carbocycles. The van der Waals surface area contributed by atoms with Crippen molar-refractivity contribution in [3.8, 4) is 0 Å². The Bertz CT molecular complexity index is 289. The van der Waals surface area contributed by atoms with Crippen molar-refractivity contribution in [1.82, 2.24) is 5.32 Å². The Morgan fingerprint density at radius 3 is 2.64 bits per heavy atom. The van der Waals surface area contributed by atoms with Crippen molar-refractivity contribution in [2.75, 3.05) is 13.7 Å². The van der Waals surface area contributed by atoms with Crippen LogP contribution in [0.25, 0.3) is 0 Å². The number of rotatable bonds is 4. The van der Waals surface area contributed by atoms with Crippen LogP contribution in [0.15, 0.2) is 30.3 Å². The normalized spacial score (nSPS) is 12.1. The van der Waals surface area contributed by atoms with Gasteiger partial charge in [0.2, 0.25) is 7.85 Å². The second-order valence-electron chi connectivity index (χ2n) is 2.93. The van der Waals surface area contributed by atoms with Crippen LogP contribution in [0.2, 0.25) is 0 Å². The Kier molecular flexibility index (Phi) is 4.20. The summed E-state index contributed by atoms with van der Waals surface area (Å²) in [6.45, 7) is 0.410. The fraction of sp³-hybridized carbons (Fsp3) is 0.300. The van der Waals surface area contributed by atoms with Crippen LogP contribution < -0.4 is 5.32 Å². The number of benzene rings is 1. The smallest absolute Gasteiger partial charge is 0.200 e. The third kappa shape index (κ3) is 3.22. The molecule has 0 bridgehead atoms. The van der Waals surface area contributed by atoms with Gasteiger partial charge >= 0.3 is 0 Å². The SMILES string of the molecule is [B]C(=O)N[C@@H](COC)c1ccccc1. The van der Waals surface area contributed by atoms with Crippen molar-refractivity contribution >= 4 is 13.7 Å². The van der Waals surface area contributed by atoms with Crippen LogP contribution in [0.3, 0.4) is 0 Å². The lowest BCUT2D eigenvalue weighted by atomic mass is 10.0. The van der Waals surface area contributed by atoms with Gasteiger partial charge in [0, 0.05) is 7.11 Å². The molecule has 0 aliphatic rings. The van der Waals surface area contributed by atoms with Crippen LogP contribution >= 0.6 is 0 Å². The molecule has 0 saturated carbocycles. The number of hydrogen-bond donors (Lipinski definition) is 1. The Labute approximate surface area is 84.9 Å². The molecule has 0 unspecified atom stereocenters. The molecule has 0 aliphatic heterocycles. The Balaban J connectivity index is 2.72. The van der Waals surface area contributed by atoms with Gasteiger partial charge in [-0.2, -0.15) is 0 Å². The number of methoxy groups -OCH3 is 1. The highest BCUT2D eigenvalue weighted by molar-refractivity contribution is 6.57. The number of hydrogen-bond acceptors (Lipinski definition) is 2. The van der Waals surface area contributed by atoms with E-state index in [0.717, 1.165) is 5.56 Å². The zero-order valence-electron chi connectivity index (χ0n) is 8.07.